The van der Waals surface area contributed by atoms with Crippen LogP contribution < -0.4 is 9.62 Å². The molecule has 7 nitrogen and oxygen atoms in total. The van der Waals surface area contributed by atoms with Gasteiger partial charge in [-0.05, 0) is 48.5 Å². The molecule has 0 saturated carbocycles. The number of benzene rings is 3. The Kier molecular flexibility index (Phi) is 5.80. The van der Waals surface area contributed by atoms with Gasteiger partial charge in [0.25, 0.3) is 15.9 Å². The molecule has 5 aromatic rings. The van der Waals surface area contributed by atoms with Crippen molar-refractivity contribution < 1.29 is 13.2 Å². The third-order valence-electron chi connectivity index (χ3n) is 5.70. The van der Waals surface area contributed by atoms with Crippen molar-refractivity contribution in [3.8, 4) is 11.3 Å². The summed E-state index contributed by atoms with van der Waals surface area (Å²) in [5.41, 5.74) is 3.10. The summed E-state index contributed by atoms with van der Waals surface area (Å²) in [6, 6.07) is 29.9. The van der Waals surface area contributed by atoms with Gasteiger partial charge in [0.05, 0.1) is 10.6 Å². The fraction of sp³-hybridized carbons (Fsp3) is 0.0370. The molecule has 8 heteroatoms. The first-order chi connectivity index (χ1) is 16.9. The summed E-state index contributed by atoms with van der Waals surface area (Å²) >= 11 is 0. The lowest BCUT2D eigenvalue weighted by Gasteiger charge is -2.19. The van der Waals surface area contributed by atoms with Gasteiger partial charge >= 0.3 is 0 Å². The molecule has 35 heavy (non-hydrogen) atoms. The van der Waals surface area contributed by atoms with Crippen molar-refractivity contribution in [2.24, 2.45) is 0 Å². The highest BCUT2D eigenvalue weighted by molar-refractivity contribution is 7.92. The molecule has 0 radical (unpaired) electrons. The summed E-state index contributed by atoms with van der Waals surface area (Å²) in [5, 5.41) is 2.96. The van der Waals surface area contributed by atoms with E-state index in [1.54, 1.807) is 24.3 Å². The molecule has 0 atom stereocenters. The molecule has 0 saturated heterocycles. The third-order valence-corrected chi connectivity index (χ3v) is 7.50. The van der Waals surface area contributed by atoms with Crippen molar-refractivity contribution in [1.82, 2.24) is 9.38 Å². The molecule has 0 aliphatic heterocycles. The number of hydrogen-bond donors (Lipinski definition) is 1. The Morgan fingerprint density at radius 3 is 2.14 bits per heavy atom. The molecule has 174 valence electrons. The van der Waals surface area contributed by atoms with Crippen molar-refractivity contribution in [3.63, 3.8) is 0 Å². The fourth-order valence-corrected chi connectivity index (χ4v) is 5.00. The van der Waals surface area contributed by atoms with Crippen LogP contribution >= 0.6 is 0 Å². The van der Waals surface area contributed by atoms with E-state index in [1.807, 2.05) is 65.2 Å². The molecule has 0 aliphatic carbocycles. The standard InChI is InChI=1S/C27H22N4O3S/c1-30(22-12-6-3-7-13-22)35(33,34)23-17-15-21(16-18-23)27(32)29-26-25(20-10-4-2-5-11-20)28-24-14-8-9-19-31(24)26/h2-19H,1H3,(H,29,32). The highest BCUT2D eigenvalue weighted by Gasteiger charge is 2.22. The second-order valence-corrected chi connectivity index (χ2v) is 9.86. The number of hydrogen-bond acceptors (Lipinski definition) is 4. The quantitative estimate of drug-likeness (QED) is 0.366. The summed E-state index contributed by atoms with van der Waals surface area (Å²) < 4.78 is 29.1. The SMILES string of the molecule is CN(c1ccccc1)S(=O)(=O)c1ccc(C(=O)Nc2c(-c3ccccc3)nc3ccccn23)cc1. The van der Waals surface area contributed by atoms with E-state index >= 15 is 0 Å². The van der Waals surface area contributed by atoms with Crippen molar-refractivity contribution in [3.05, 3.63) is 115 Å². The van der Waals surface area contributed by atoms with Gasteiger partial charge in [-0.1, -0.05) is 54.6 Å². The van der Waals surface area contributed by atoms with E-state index in [2.05, 4.69) is 10.3 Å². The number of nitrogens with zero attached hydrogens (tertiary/aromatic N) is 3. The van der Waals surface area contributed by atoms with Crippen LogP contribution in [0.25, 0.3) is 16.9 Å². The van der Waals surface area contributed by atoms with Gasteiger partial charge in [0, 0.05) is 24.4 Å². The molecule has 1 N–H and O–H groups in total. The average molecular weight is 483 g/mol. The number of rotatable bonds is 6. The molecule has 2 aromatic heterocycles. The van der Waals surface area contributed by atoms with Crippen LogP contribution in [0.4, 0.5) is 11.5 Å². The molecule has 0 unspecified atom stereocenters. The molecule has 5 rings (SSSR count). The number of fused-ring (bicyclic) bond motifs is 1. The smallest absolute Gasteiger partial charge is 0.264 e. The minimum atomic E-state index is -3.77. The lowest BCUT2D eigenvalue weighted by Crippen LogP contribution is -2.26. The van der Waals surface area contributed by atoms with Gasteiger partial charge in [-0.25, -0.2) is 13.4 Å². The van der Waals surface area contributed by atoms with Crippen molar-refractivity contribution in [1.29, 1.82) is 0 Å². The van der Waals surface area contributed by atoms with Crippen LogP contribution in [0, 0.1) is 0 Å². The van der Waals surface area contributed by atoms with Gasteiger partial charge < -0.3 is 5.32 Å². The van der Waals surface area contributed by atoms with Crippen LogP contribution in [-0.4, -0.2) is 30.8 Å². The highest BCUT2D eigenvalue weighted by atomic mass is 32.2. The maximum absolute atomic E-state index is 13.1. The average Bonchev–Trinajstić information content (AvgIpc) is 3.27. The van der Waals surface area contributed by atoms with Crippen LogP contribution in [0.2, 0.25) is 0 Å². The predicted molar refractivity (Wildman–Crippen MR) is 137 cm³/mol. The van der Waals surface area contributed by atoms with E-state index in [4.69, 9.17) is 0 Å². The number of aromatic nitrogens is 2. The monoisotopic (exact) mass is 482 g/mol. The number of amides is 1. The first kappa shape index (κ1) is 22.4. The summed E-state index contributed by atoms with van der Waals surface area (Å²) in [6.07, 6.45) is 1.83. The van der Waals surface area contributed by atoms with Gasteiger partial charge in [-0.3, -0.25) is 13.5 Å². The zero-order valence-electron chi connectivity index (χ0n) is 18.9. The number of anilines is 2. The van der Waals surface area contributed by atoms with Crippen LogP contribution in [-0.2, 0) is 10.0 Å². The molecule has 3 aromatic carbocycles. The number of carbonyl (C=O) groups is 1. The van der Waals surface area contributed by atoms with Gasteiger partial charge in [-0.15, -0.1) is 0 Å². The van der Waals surface area contributed by atoms with Gasteiger partial charge in [0.2, 0.25) is 0 Å². The summed E-state index contributed by atoms with van der Waals surface area (Å²) in [7, 11) is -2.27. The van der Waals surface area contributed by atoms with Crippen LogP contribution in [0.5, 0.6) is 0 Å². The first-order valence-corrected chi connectivity index (χ1v) is 12.4. The topological polar surface area (TPSA) is 83.8 Å². The Morgan fingerprint density at radius 1 is 0.829 bits per heavy atom. The molecule has 0 aliphatic rings. The van der Waals surface area contributed by atoms with E-state index in [1.165, 1.54) is 35.6 Å². The molecule has 0 bridgehead atoms. The van der Waals surface area contributed by atoms with E-state index in [0.717, 1.165) is 5.56 Å². The van der Waals surface area contributed by atoms with Crippen molar-refractivity contribution in [2.75, 3.05) is 16.7 Å². The van der Waals surface area contributed by atoms with Crippen LogP contribution in [0.15, 0.2) is 114 Å². The third kappa shape index (κ3) is 4.27. The van der Waals surface area contributed by atoms with E-state index < -0.39 is 10.0 Å². The van der Waals surface area contributed by atoms with E-state index in [0.29, 0.717) is 28.4 Å². The van der Waals surface area contributed by atoms with Crippen LogP contribution in [0.3, 0.4) is 0 Å². The number of para-hydroxylation sites is 1. The second kappa shape index (κ2) is 9.08. The van der Waals surface area contributed by atoms with E-state index in [-0.39, 0.29) is 10.8 Å². The molecular formula is C27H22N4O3S. The van der Waals surface area contributed by atoms with Crippen LogP contribution in [0.1, 0.15) is 10.4 Å². The lowest BCUT2D eigenvalue weighted by atomic mass is 10.1. The number of sulfonamides is 1. The van der Waals surface area contributed by atoms with Gasteiger partial charge in [-0.2, -0.15) is 0 Å². The van der Waals surface area contributed by atoms with Crippen molar-refractivity contribution >= 4 is 33.1 Å². The number of pyridine rings is 1. The summed E-state index contributed by atoms with van der Waals surface area (Å²) in [6.45, 7) is 0. The Bertz CT molecular complexity index is 1600. The number of carbonyl (C=O) groups excluding carboxylic acids is 1. The highest BCUT2D eigenvalue weighted by Crippen LogP contribution is 2.29. The van der Waals surface area contributed by atoms with Gasteiger partial charge in [0.15, 0.2) is 0 Å². The Balaban J connectivity index is 1.44. The molecule has 2 heterocycles. The minimum absolute atomic E-state index is 0.0974. The first-order valence-electron chi connectivity index (χ1n) is 10.9. The zero-order chi connectivity index (χ0) is 24.4. The largest absolute Gasteiger partial charge is 0.306 e. The predicted octanol–water partition coefficient (Wildman–Crippen LogP) is 5.08. The van der Waals surface area contributed by atoms with Gasteiger partial charge in [0.1, 0.15) is 17.2 Å². The number of nitrogens with one attached hydrogen (secondary N) is 1. The van der Waals surface area contributed by atoms with E-state index in [9.17, 15) is 13.2 Å². The summed E-state index contributed by atoms with van der Waals surface area (Å²) in [5.74, 6) is 0.172. The summed E-state index contributed by atoms with van der Waals surface area (Å²) in [4.78, 5) is 17.9. The Morgan fingerprint density at radius 2 is 1.46 bits per heavy atom. The normalized spacial score (nSPS) is 11.3. The molecular weight excluding hydrogens is 460 g/mol. The zero-order valence-corrected chi connectivity index (χ0v) is 19.7. The van der Waals surface area contributed by atoms with Crippen molar-refractivity contribution in [2.45, 2.75) is 4.90 Å². The Labute approximate surface area is 203 Å². The molecule has 0 spiro atoms. The molecule has 0 fully saturated rings. The lowest BCUT2D eigenvalue weighted by molar-refractivity contribution is 0.102. The molecule has 1 amide bonds. The maximum Gasteiger partial charge on any atom is 0.264 e. The fourth-order valence-electron chi connectivity index (χ4n) is 3.81. The number of imidazole rings is 1. The second-order valence-electron chi connectivity index (χ2n) is 7.89. The Hall–Kier alpha value is -4.43. The maximum atomic E-state index is 13.1. The minimum Gasteiger partial charge on any atom is -0.306 e.